The molecule has 0 saturated heterocycles. The fraction of sp³-hybridized carbons (Fsp3) is 0.667. The van der Waals surface area contributed by atoms with Gasteiger partial charge in [0.15, 0.2) is 15.0 Å². The average molecular weight is 351 g/mol. The molecule has 1 saturated carbocycles. The number of urea groups is 1. The molecule has 1 atom stereocenters. The monoisotopic (exact) mass is 351 g/mol. The molecule has 0 aromatic carbocycles. The van der Waals surface area contributed by atoms with Crippen molar-refractivity contribution in [1.82, 2.24) is 10.3 Å². The zero-order valence-electron chi connectivity index (χ0n) is 11.6. The third-order valence-electron chi connectivity index (χ3n) is 3.73. The van der Waals surface area contributed by atoms with Crippen LogP contribution in [0.15, 0.2) is 0 Å². The Bertz CT molecular complexity index is 702. The van der Waals surface area contributed by atoms with Crippen LogP contribution in [0.3, 0.4) is 0 Å². The lowest BCUT2D eigenvalue weighted by atomic mass is 10.3. The first-order valence-corrected chi connectivity index (χ1v) is 9.51. The van der Waals surface area contributed by atoms with Gasteiger partial charge >= 0.3 is 6.03 Å². The summed E-state index contributed by atoms with van der Waals surface area (Å²) >= 11 is 1.14. The molecule has 6 nitrogen and oxygen atoms in total. The van der Waals surface area contributed by atoms with Gasteiger partial charge in [0.2, 0.25) is 0 Å². The van der Waals surface area contributed by atoms with Crippen LogP contribution in [0.4, 0.5) is 18.7 Å². The average Bonchev–Trinajstić information content (AvgIpc) is 2.82. The summed E-state index contributed by atoms with van der Waals surface area (Å²) in [4.78, 5) is 16.5. The topological polar surface area (TPSA) is 88.2 Å². The molecule has 2 amide bonds. The van der Waals surface area contributed by atoms with Crippen molar-refractivity contribution in [3.05, 3.63) is 10.6 Å². The number of thiazole rings is 1. The van der Waals surface area contributed by atoms with Gasteiger partial charge in [-0.25, -0.2) is 27.0 Å². The number of sulfone groups is 1. The molecular weight excluding hydrogens is 336 g/mol. The third kappa shape index (κ3) is 3.54. The number of halogens is 2. The van der Waals surface area contributed by atoms with Gasteiger partial charge in [-0.1, -0.05) is 0 Å². The smallest absolute Gasteiger partial charge is 0.321 e. The first kappa shape index (κ1) is 15.6. The van der Waals surface area contributed by atoms with Crippen LogP contribution in [0, 0.1) is 5.92 Å². The van der Waals surface area contributed by atoms with Crippen molar-refractivity contribution in [2.45, 2.75) is 30.9 Å². The van der Waals surface area contributed by atoms with Crippen molar-refractivity contribution < 1.29 is 22.0 Å². The van der Waals surface area contributed by atoms with Crippen molar-refractivity contribution >= 4 is 32.3 Å². The van der Waals surface area contributed by atoms with E-state index in [-0.39, 0.29) is 30.9 Å². The Morgan fingerprint density at radius 3 is 2.86 bits per heavy atom. The summed E-state index contributed by atoms with van der Waals surface area (Å²) < 4.78 is 48.4. The highest BCUT2D eigenvalue weighted by atomic mass is 32.2. The zero-order valence-corrected chi connectivity index (χ0v) is 13.2. The summed E-state index contributed by atoms with van der Waals surface area (Å²) in [5.41, 5.74) is 0.702. The van der Waals surface area contributed by atoms with Crippen LogP contribution in [0.1, 0.15) is 23.4 Å². The quantitative estimate of drug-likeness (QED) is 0.865. The summed E-state index contributed by atoms with van der Waals surface area (Å²) in [6, 6.07) is -0.516. The third-order valence-corrected chi connectivity index (χ3v) is 6.48. The van der Waals surface area contributed by atoms with E-state index >= 15 is 0 Å². The molecule has 0 bridgehead atoms. The molecule has 3 rings (SSSR count). The number of aromatic nitrogens is 1. The van der Waals surface area contributed by atoms with Gasteiger partial charge in [-0.05, 0) is 6.42 Å². The van der Waals surface area contributed by atoms with Crippen LogP contribution in [0.2, 0.25) is 0 Å². The Morgan fingerprint density at radius 2 is 2.18 bits per heavy atom. The van der Waals surface area contributed by atoms with E-state index in [1.54, 1.807) is 0 Å². The maximum Gasteiger partial charge on any atom is 0.321 e. The molecule has 2 heterocycles. The van der Waals surface area contributed by atoms with Crippen molar-refractivity contribution in [2.24, 2.45) is 5.92 Å². The maximum atomic E-state index is 12.7. The standard InChI is InChI=1S/C12H15F2N3O3S2/c13-12(14)5-7(12)1-3-15-10(18)17-11-16-8-2-4-22(19,20)6-9(8)21-11/h7H,1-6H2,(H2,15,16,17,18). The first-order chi connectivity index (χ1) is 10.3. The second kappa shape index (κ2) is 5.41. The molecule has 1 unspecified atom stereocenters. The van der Waals surface area contributed by atoms with Gasteiger partial charge < -0.3 is 5.32 Å². The van der Waals surface area contributed by atoms with Gasteiger partial charge in [-0.3, -0.25) is 5.32 Å². The highest BCUT2D eigenvalue weighted by Gasteiger charge is 2.55. The number of carbonyl (C=O) groups excluding carboxylic acids is 1. The zero-order chi connectivity index (χ0) is 16.0. The minimum Gasteiger partial charge on any atom is -0.338 e. The van der Waals surface area contributed by atoms with E-state index < -0.39 is 27.7 Å². The van der Waals surface area contributed by atoms with Gasteiger partial charge in [0.1, 0.15) is 0 Å². The summed E-state index contributed by atoms with van der Waals surface area (Å²) in [6.45, 7) is 0.172. The number of amides is 2. The summed E-state index contributed by atoms with van der Waals surface area (Å²) in [5.74, 6) is -3.17. The second-order valence-corrected chi connectivity index (χ2v) is 8.83. The van der Waals surface area contributed by atoms with Crippen molar-refractivity contribution in [3.8, 4) is 0 Å². The lowest BCUT2D eigenvalue weighted by Gasteiger charge is -2.08. The lowest BCUT2D eigenvalue weighted by molar-refractivity contribution is 0.0971. The normalized spacial score (nSPS) is 24.4. The summed E-state index contributed by atoms with van der Waals surface area (Å²) in [5, 5.41) is 5.35. The van der Waals surface area contributed by atoms with E-state index in [2.05, 4.69) is 15.6 Å². The predicted octanol–water partition coefficient (Wildman–Crippen LogP) is 1.78. The number of anilines is 1. The molecule has 22 heavy (non-hydrogen) atoms. The number of nitrogens with zero attached hydrogens (tertiary/aromatic N) is 1. The van der Waals surface area contributed by atoms with Crippen LogP contribution in [0.25, 0.3) is 0 Å². The Hall–Kier alpha value is -1.29. The fourth-order valence-corrected chi connectivity index (χ4v) is 5.14. The van der Waals surface area contributed by atoms with Crippen LogP contribution < -0.4 is 10.6 Å². The molecule has 0 radical (unpaired) electrons. The summed E-state index contributed by atoms with van der Waals surface area (Å²) in [7, 11) is -3.07. The number of carbonyl (C=O) groups is 1. The van der Waals surface area contributed by atoms with Crippen LogP contribution in [0.5, 0.6) is 0 Å². The van der Waals surface area contributed by atoms with Gasteiger partial charge in [-0.15, -0.1) is 11.3 Å². The number of hydrogen-bond donors (Lipinski definition) is 2. The molecule has 1 aliphatic heterocycles. The van der Waals surface area contributed by atoms with Gasteiger partial charge in [0.25, 0.3) is 5.92 Å². The van der Waals surface area contributed by atoms with Gasteiger partial charge in [0.05, 0.1) is 17.2 Å². The highest BCUT2D eigenvalue weighted by Crippen LogP contribution is 2.50. The van der Waals surface area contributed by atoms with E-state index in [1.165, 1.54) is 0 Å². The molecule has 2 N–H and O–H groups in total. The van der Waals surface area contributed by atoms with Gasteiger partial charge in [-0.2, -0.15) is 0 Å². The van der Waals surface area contributed by atoms with Crippen molar-refractivity contribution in [2.75, 3.05) is 17.6 Å². The number of hydrogen-bond acceptors (Lipinski definition) is 5. The molecule has 1 aliphatic carbocycles. The maximum absolute atomic E-state index is 12.7. The van der Waals surface area contributed by atoms with Crippen molar-refractivity contribution in [1.29, 1.82) is 0 Å². The number of aryl methyl sites for hydroxylation is 1. The first-order valence-electron chi connectivity index (χ1n) is 6.87. The van der Waals surface area contributed by atoms with E-state index in [1.807, 2.05) is 0 Å². The minimum absolute atomic E-state index is 0.0416. The highest BCUT2D eigenvalue weighted by molar-refractivity contribution is 7.90. The molecule has 1 aromatic rings. The Balaban J connectivity index is 1.49. The molecular formula is C12H15F2N3O3S2. The van der Waals surface area contributed by atoms with E-state index in [0.717, 1.165) is 11.3 Å². The Morgan fingerprint density at radius 1 is 1.45 bits per heavy atom. The molecule has 0 spiro atoms. The second-order valence-electron chi connectivity index (χ2n) is 5.56. The lowest BCUT2D eigenvalue weighted by Crippen LogP contribution is -2.30. The van der Waals surface area contributed by atoms with Crippen LogP contribution >= 0.6 is 11.3 Å². The van der Waals surface area contributed by atoms with Crippen LogP contribution in [-0.4, -0.2) is 37.7 Å². The Kier molecular flexibility index (Phi) is 3.84. The molecule has 1 fully saturated rings. The Labute approximate surface area is 130 Å². The number of alkyl halides is 2. The largest absolute Gasteiger partial charge is 0.338 e. The molecule has 10 heteroatoms. The fourth-order valence-electron chi connectivity index (χ4n) is 2.35. The van der Waals surface area contributed by atoms with Gasteiger partial charge in [0, 0.05) is 30.2 Å². The van der Waals surface area contributed by atoms with Crippen LogP contribution in [-0.2, 0) is 22.0 Å². The molecule has 2 aliphatic rings. The molecule has 122 valence electrons. The SMILES string of the molecule is O=C(NCCC1CC1(F)F)Nc1nc2c(s1)CS(=O)(=O)CC2. The van der Waals surface area contributed by atoms with E-state index in [4.69, 9.17) is 0 Å². The number of nitrogens with one attached hydrogen (secondary N) is 2. The minimum atomic E-state index is -3.07. The summed E-state index contributed by atoms with van der Waals surface area (Å²) in [6.07, 6.45) is 0.491. The predicted molar refractivity (Wildman–Crippen MR) is 78.0 cm³/mol. The van der Waals surface area contributed by atoms with Crippen molar-refractivity contribution in [3.63, 3.8) is 0 Å². The van der Waals surface area contributed by atoms with E-state index in [0.29, 0.717) is 22.1 Å². The van der Waals surface area contributed by atoms with E-state index in [9.17, 15) is 22.0 Å². The number of rotatable bonds is 4. The molecule has 1 aromatic heterocycles. The number of fused-ring (bicyclic) bond motifs is 1.